The molecule has 1 heterocycles. The number of ether oxygens (including phenoxy) is 2. The molecule has 0 aliphatic carbocycles. The Morgan fingerprint density at radius 3 is 2.50 bits per heavy atom. The molecule has 0 aliphatic rings. The second-order valence-corrected chi connectivity index (χ2v) is 8.03. The van der Waals surface area contributed by atoms with Crippen molar-refractivity contribution in [2.24, 2.45) is 0 Å². The molecule has 0 bridgehead atoms. The van der Waals surface area contributed by atoms with Crippen LogP contribution in [0.2, 0.25) is 0 Å². The molecule has 160 valence electrons. The summed E-state index contributed by atoms with van der Waals surface area (Å²) in [5.41, 5.74) is 4.56. The Balaban J connectivity index is 1.37. The molecule has 5 rings (SSSR count). The fourth-order valence-corrected chi connectivity index (χ4v) is 4.01. The number of rotatable bonds is 7. The lowest BCUT2D eigenvalue weighted by Gasteiger charge is -2.13. The van der Waals surface area contributed by atoms with E-state index >= 15 is 0 Å². The highest BCUT2D eigenvalue weighted by atomic mass is 16.5. The predicted octanol–water partition coefficient (Wildman–Crippen LogP) is 6.46. The zero-order valence-electron chi connectivity index (χ0n) is 18.4. The fourth-order valence-electron chi connectivity index (χ4n) is 4.01. The van der Waals surface area contributed by atoms with Crippen LogP contribution in [0.4, 0.5) is 0 Å². The minimum Gasteiger partial charge on any atom is -0.492 e. The molecule has 0 radical (unpaired) electrons. The number of aromatic nitrogens is 2. The molecule has 4 nitrogen and oxygen atoms in total. The second-order valence-electron chi connectivity index (χ2n) is 8.03. The van der Waals surface area contributed by atoms with Crippen LogP contribution in [0.3, 0.4) is 0 Å². The van der Waals surface area contributed by atoms with Gasteiger partial charge >= 0.3 is 0 Å². The zero-order valence-corrected chi connectivity index (χ0v) is 18.4. The smallest absolute Gasteiger partial charge is 0.148 e. The minimum atomic E-state index is 0.395. The van der Waals surface area contributed by atoms with Crippen molar-refractivity contribution < 1.29 is 9.47 Å². The molecule has 4 aromatic carbocycles. The molecular weight excluding hydrogens is 396 g/mol. The quantitative estimate of drug-likeness (QED) is 0.302. The van der Waals surface area contributed by atoms with E-state index in [1.54, 1.807) is 0 Å². The number of hydrogen-bond acceptors (Lipinski definition) is 3. The van der Waals surface area contributed by atoms with Gasteiger partial charge in [0.05, 0.1) is 17.6 Å². The van der Waals surface area contributed by atoms with Gasteiger partial charge in [0.15, 0.2) is 0 Å². The lowest BCUT2D eigenvalue weighted by Crippen LogP contribution is -2.13. The maximum Gasteiger partial charge on any atom is 0.148 e. The van der Waals surface area contributed by atoms with Crippen molar-refractivity contribution >= 4 is 21.8 Å². The summed E-state index contributed by atoms with van der Waals surface area (Å²) in [6.45, 7) is 5.87. The Bertz CT molecular complexity index is 1380. The molecule has 0 fully saturated rings. The number of nitrogens with zero attached hydrogens (tertiary/aromatic N) is 2. The first-order chi connectivity index (χ1) is 15.7. The first-order valence-electron chi connectivity index (χ1n) is 10.9. The number of benzene rings is 4. The van der Waals surface area contributed by atoms with Gasteiger partial charge in [-0.3, -0.25) is 0 Å². The van der Waals surface area contributed by atoms with Gasteiger partial charge in [0.2, 0.25) is 0 Å². The Kier molecular flexibility index (Phi) is 5.51. The van der Waals surface area contributed by atoms with E-state index in [0.29, 0.717) is 19.8 Å². The molecule has 0 unspecified atom stereocenters. The highest BCUT2D eigenvalue weighted by molar-refractivity contribution is 5.88. The first kappa shape index (κ1) is 20.1. The van der Waals surface area contributed by atoms with E-state index in [1.165, 1.54) is 16.5 Å². The number of para-hydroxylation sites is 2. The molecule has 1 aromatic heterocycles. The highest BCUT2D eigenvalue weighted by Gasteiger charge is 2.12. The molecule has 0 saturated carbocycles. The normalized spacial score (nSPS) is 11.2. The third kappa shape index (κ3) is 4.04. The summed E-state index contributed by atoms with van der Waals surface area (Å²) in [4.78, 5) is 4.84. The molecule has 0 amide bonds. The lowest BCUT2D eigenvalue weighted by molar-refractivity contribution is 0.274. The fraction of sp³-hybridized carbons (Fsp3) is 0.179. The monoisotopic (exact) mass is 422 g/mol. The van der Waals surface area contributed by atoms with Gasteiger partial charge in [0, 0.05) is 5.39 Å². The van der Waals surface area contributed by atoms with Crippen molar-refractivity contribution in [3.05, 3.63) is 102 Å². The molecule has 0 N–H and O–H groups in total. The molecule has 5 aromatic rings. The van der Waals surface area contributed by atoms with Gasteiger partial charge in [-0.2, -0.15) is 0 Å². The maximum absolute atomic E-state index is 6.24. The van der Waals surface area contributed by atoms with Crippen LogP contribution in [0.1, 0.15) is 17.0 Å². The van der Waals surface area contributed by atoms with E-state index in [-0.39, 0.29) is 0 Å². The summed E-state index contributed by atoms with van der Waals surface area (Å²) in [5.74, 6) is 2.65. The number of aryl methyl sites for hydroxylation is 2. The van der Waals surface area contributed by atoms with Crippen LogP contribution >= 0.6 is 0 Å². The van der Waals surface area contributed by atoms with Crippen LogP contribution in [-0.4, -0.2) is 16.2 Å². The van der Waals surface area contributed by atoms with Gasteiger partial charge in [-0.25, -0.2) is 4.98 Å². The van der Waals surface area contributed by atoms with Crippen molar-refractivity contribution in [3.8, 4) is 11.5 Å². The van der Waals surface area contributed by atoms with Gasteiger partial charge in [-0.05, 0) is 60.7 Å². The van der Waals surface area contributed by atoms with Crippen molar-refractivity contribution in [2.45, 2.75) is 27.0 Å². The van der Waals surface area contributed by atoms with Crippen molar-refractivity contribution in [1.29, 1.82) is 0 Å². The predicted molar refractivity (Wildman–Crippen MR) is 129 cm³/mol. The van der Waals surface area contributed by atoms with Crippen molar-refractivity contribution in [1.82, 2.24) is 9.55 Å². The zero-order chi connectivity index (χ0) is 21.9. The van der Waals surface area contributed by atoms with Crippen molar-refractivity contribution in [3.63, 3.8) is 0 Å². The maximum atomic E-state index is 6.24. The van der Waals surface area contributed by atoms with Crippen LogP contribution in [0, 0.1) is 13.8 Å². The summed E-state index contributed by atoms with van der Waals surface area (Å²) in [7, 11) is 0. The van der Waals surface area contributed by atoms with Crippen LogP contribution in [0.5, 0.6) is 11.5 Å². The Morgan fingerprint density at radius 1 is 0.781 bits per heavy atom. The van der Waals surface area contributed by atoms with Crippen LogP contribution in [-0.2, 0) is 13.2 Å². The van der Waals surface area contributed by atoms with Crippen LogP contribution in [0.25, 0.3) is 21.8 Å². The molecule has 32 heavy (non-hydrogen) atoms. The van der Waals surface area contributed by atoms with Gasteiger partial charge in [0.25, 0.3) is 0 Å². The average Bonchev–Trinajstić information content (AvgIpc) is 3.17. The van der Waals surface area contributed by atoms with E-state index in [9.17, 15) is 0 Å². The lowest BCUT2D eigenvalue weighted by atomic mass is 10.1. The van der Waals surface area contributed by atoms with E-state index < -0.39 is 0 Å². The van der Waals surface area contributed by atoms with E-state index in [1.807, 2.05) is 48.5 Å². The number of hydrogen-bond donors (Lipinski definition) is 0. The van der Waals surface area contributed by atoms with E-state index in [4.69, 9.17) is 14.5 Å². The molecule has 0 atom stereocenters. The van der Waals surface area contributed by atoms with Gasteiger partial charge in [0.1, 0.15) is 30.5 Å². The molecule has 0 spiro atoms. The van der Waals surface area contributed by atoms with E-state index in [0.717, 1.165) is 33.7 Å². The Hall–Kier alpha value is -3.79. The number of fused-ring (bicyclic) bond motifs is 2. The van der Waals surface area contributed by atoms with Gasteiger partial charge < -0.3 is 14.0 Å². The van der Waals surface area contributed by atoms with Crippen molar-refractivity contribution in [2.75, 3.05) is 6.61 Å². The third-order valence-corrected chi connectivity index (χ3v) is 5.90. The summed E-state index contributed by atoms with van der Waals surface area (Å²) in [6.07, 6.45) is 0. The third-order valence-electron chi connectivity index (χ3n) is 5.90. The molecule has 0 aliphatic heterocycles. The summed E-state index contributed by atoms with van der Waals surface area (Å²) >= 11 is 0. The Labute approximate surface area is 188 Å². The SMILES string of the molecule is Cc1ccc(OCCn2c(COc3cccc4ccccc34)nc3ccccc32)cc1C. The topological polar surface area (TPSA) is 36.3 Å². The molecule has 4 heteroatoms. The molecular formula is C28H26N2O2. The standard InChI is InChI=1S/C28H26N2O2/c1-20-14-15-23(18-21(20)2)31-17-16-30-26-12-6-5-11-25(26)29-28(30)19-32-27-13-7-9-22-8-3-4-10-24(22)27/h3-15,18H,16-17,19H2,1-2H3. The number of imidazole rings is 1. The minimum absolute atomic E-state index is 0.395. The van der Waals surface area contributed by atoms with Crippen LogP contribution in [0.15, 0.2) is 84.9 Å². The summed E-state index contributed by atoms with van der Waals surface area (Å²) < 4.78 is 14.5. The van der Waals surface area contributed by atoms with E-state index in [2.05, 4.69) is 54.8 Å². The first-order valence-corrected chi connectivity index (χ1v) is 10.9. The largest absolute Gasteiger partial charge is 0.492 e. The van der Waals surface area contributed by atoms with Gasteiger partial charge in [-0.15, -0.1) is 0 Å². The molecule has 0 saturated heterocycles. The highest BCUT2D eigenvalue weighted by Crippen LogP contribution is 2.26. The summed E-state index contributed by atoms with van der Waals surface area (Å²) in [6, 6.07) is 28.8. The Morgan fingerprint density at radius 2 is 1.59 bits per heavy atom. The van der Waals surface area contributed by atoms with Crippen LogP contribution < -0.4 is 9.47 Å². The summed E-state index contributed by atoms with van der Waals surface area (Å²) in [5, 5.41) is 2.27. The second kappa shape index (κ2) is 8.75. The average molecular weight is 423 g/mol. The van der Waals surface area contributed by atoms with Gasteiger partial charge in [-0.1, -0.05) is 54.6 Å².